The Balaban J connectivity index is 1.98. The Bertz CT molecular complexity index is 457. The number of hydrogen-bond acceptors (Lipinski definition) is 3. The van der Waals surface area contributed by atoms with Crippen LogP contribution in [0.25, 0.3) is 0 Å². The first-order valence-electron chi connectivity index (χ1n) is 6.81. The van der Waals surface area contributed by atoms with Gasteiger partial charge in [0.05, 0.1) is 5.69 Å². The SMILES string of the molecule is CC(C)CNCCc1ccc2c(c1)N(C)C(=O)CO2. The summed E-state index contributed by atoms with van der Waals surface area (Å²) in [4.78, 5) is 13.3. The highest BCUT2D eigenvalue weighted by Crippen LogP contribution is 2.31. The molecule has 1 aliphatic heterocycles. The summed E-state index contributed by atoms with van der Waals surface area (Å²) in [5.74, 6) is 1.46. The van der Waals surface area contributed by atoms with Crippen molar-refractivity contribution in [2.45, 2.75) is 20.3 Å². The summed E-state index contributed by atoms with van der Waals surface area (Å²) in [7, 11) is 1.80. The Morgan fingerprint density at radius 3 is 2.95 bits per heavy atom. The molecule has 0 saturated heterocycles. The maximum absolute atomic E-state index is 11.6. The van der Waals surface area contributed by atoms with Crippen molar-refractivity contribution in [2.75, 3.05) is 31.6 Å². The second kappa shape index (κ2) is 6.06. The first-order valence-corrected chi connectivity index (χ1v) is 6.81. The fourth-order valence-corrected chi connectivity index (χ4v) is 2.10. The normalized spacial score (nSPS) is 14.5. The fourth-order valence-electron chi connectivity index (χ4n) is 2.10. The molecule has 1 heterocycles. The molecule has 0 unspecified atom stereocenters. The summed E-state index contributed by atoms with van der Waals surface area (Å²) in [6, 6.07) is 6.07. The van der Waals surface area contributed by atoms with Gasteiger partial charge in [0.25, 0.3) is 5.91 Å². The van der Waals surface area contributed by atoms with E-state index in [1.807, 2.05) is 12.1 Å². The molecular weight excluding hydrogens is 240 g/mol. The Morgan fingerprint density at radius 2 is 2.21 bits per heavy atom. The van der Waals surface area contributed by atoms with Crippen molar-refractivity contribution in [3.05, 3.63) is 23.8 Å². The number of benzene rings is 1. The molecule has 1 aromatic rings. The maximum Gasteiger partial charge on any atom is 0.264 e. The van der Waals surface area contributed by atoms with Crippen LogP contribution in [0.3, 0.4) is 0 Å². The molecule has 19 heavy (non-hydrogen) atoms. The van der Waals surface area contributed by atoms with Crippen molar-refractivity contribution in [3.63, 3.8) is 0 Å². The molecule has 0 saturated carbocycles. The molecule has 104 valence electrons. The first-order chi connectivity index (χ1) is 9.08. The summed E-state index contributed by atoms with van der Waals surface area (Å²) in [6.07, 6.45) is 0.960. The number of anilines is 1. The lowest BCUT2D eigenvalue weighted by atomic mass is 10.1. The molecule has 0 aromatic heterocycles. The Hall–Kier alpha value is -1.55. The average Bonchev–Trinajstić information content (AvgIpc) is 2.39. The molecule has 1 N–H and O–H groups in total. The molecule has 0 bridgehead atoms. The minimum absolute atomic E-state index is 0.00239. The second-order valence-electron chi connectivity index (χ2n) is 5.39. The lowest BCUT2D eigenvalue weighted by molar-refractivity contribution is -0.120. The van der Waals surface area contributed by atoms with Crippen LogP contribution in [0, 0.1) is 5.92 Å². The maximum atomic E-state index is 11.6. The highest BCUT2D eigenvalue weighted by Gasteiger charge is 2.21. The van der Waals surface area contributed by atoms with Gasteiger partial charge in [0.15, 0.2) is 6.61 Å². The van der Waals surface area contributed by atoms with E-state index in [2.05, 4.69) is 25.2 Å². The van der Waals surface area contributed by atoms with E-state index < -0.39 is 0 Å². The van der Waals surface area contributed by atoms with Crippen LogP contribution in [0.15, 0.2) is 18.2 Å². The highest BCUT2D eigenvalue weighted by molar-refractivity contribution is 5.97. The molecule has 1 amide bonds. The van der Waals surface area contributed by atoms with Gasteiger partial charge < -0.3 is 15.0 Å². The Morgan fingerprint density at radius 1 is 1.42 bits per heavy atom. The van der Waals surface area contributed by atoms with Crippen LogP contribution in [0.1, 0.15) is 19.4 Å². The highest BCUT2D eigenvalue weighted by atomic mass is 16.5. The van der Waals surface area contributed by atoms with Gasteiger partial charge in [0, 0.05) is 7.05 Å². The van der Waals surface area contributed by atoms with Gasteiger partial charge in [0.1, 0.15) is 5.75 Å². The number of rotatable bonds is 5. The standard InChI is InChI=1S/C15H22N2O2/c1-11(2)9-16-7-6-12-4-5-14-13(8-12)17(3)15(18)10-19-14/h4-5,8,11,16H,6-7,9-10H2,1-3H3. The minimum Gasteiger partial charge on any atom is -0.482 e. The monoisotopic (exact) mass is 262 g/mol. The first kappa shape index (κ1) is 13.9. The van der Waals surface area contributed by atoms with Crippen molar-refractivity contribution in [3.8, 4) is 5.75 Å². The van der Waals surface area contributed by atoms with E-state index >= 15 is 0 Å². The molecule has 0 aliphatic carbocycles. The van der Waals surface area contributed by atoms with E-state index in [-0.39, 0.29) is 12.5 Å². The summed E-state index contributed by atoms with van der Waals surface area (Å²) in [6.45, 7) is 6.52. The molecule has 4 heteroatoms. The van der Waals surface area contributed by atoms with E-state index in [1.54, 1.807) is 11.9 Å². The van der Waals surface area contributed by atoms with Crippen molar-refractivity contribution < 1.29 is 9.53 Å². The number of ether oxygens (including phenoxy) is 1. The topological polar surface area (TPSA) is 41.6 Å². The van der Waals surface area contributed by atoms with E-state index in [1.165, 1.54) is 5.56 Å². The molecule has 4 nitrogen and oxygen atoms in total. The predicted octanol–water partition coefficient (Wildman–Crippen LogP) is 1.83. The quantitative estimate of drug-likeness (QED) is 0.823. The molecular formula is C15H22N2O2. The number of carbonyl (C=O) groups excluding carboxylic acids is 1. The van der Waals surface area contributed by atoms with Gasteiger partial charge in [-0.25, -0.2) is 0 Å². The van der Waals surface area contributed by atoms with Gasteiger partial charge in [-0.05, 0) is 43.1 Å². The molecule has 1 aliphatic rings. The predicted molar refractivity (Wildman–Crippen MR) is 76.8 cm³/mol. The molecule has 1 aromatic carbocycles. The van der Waals surface area contributed by atoms with Crippen LogP contribution in [0.4, 0.5) is 5.69 Å². The number of nitrogens with zero attached hydrogens (tertiary/aromatic N) is 1. The third-order valence-corrected chi connectivity index (χ3v) is 3.25. The van der Waals surface area contributed by atoms with Crippen molar-refractivity contribution in [2.24, 2.45) is 5.92 Å². The molecule has 0 spiro atoms. The van der Waals surface area contributed by atoms with E-state index in [4.69, 9.17) is 4.74 Å². The third-order valence-electron chi connectivity index (χ3n) is 3.25. The van der Waals surface area contributed by atoms with Crippen LogP contribution in [0.2, 0.25) is 0 Å². The van der Waals surface area contributed by atoms with Crippen molar-refractivity contribution in [1.29, 1.82) is 0 Å². The zero-order valence-electron chi connectivity index (χ0n) is 11.9. The van der Waals surface area contributed by atoms with Crippen LogP contribution < -0.4 is 15.0 Å². The van der Waals surface area contributed by atoms with Gasteiger partial charge in [0.2, 0.25) is 0 Å². The Labute approximate surface area is 114 Å². The number of hydrogen-bond donors (Lipinski definition) is 1. The largest absolute Gasteiger partial charge is 0.482 e. The molecule has 0 fully saturated rings. The summed E-state index contributed by atoms with van der Waals surface area (Å²) in [5, 5.41) is 3.42. The number of amides is 1. The van der Waals surface area contributed by atoms with Crippen molar-refractivity contribution >= 4 is 11.6 Å². The van der Waals surface area contributed by atoms with Gasteiger partial charge >= 0.3 is 0 Å². The summed E-state index contributed by atoms with van der Waals surface area (Å²) >= 11 is 0. The zero-order chi connectivity index (χ0) is 13.8. The van der Waals surface area contributed by atoms with Crippen LogP contribution in [-0.2, 0) is 11.2 Å². The lowest BCUT2D eigenvalue weighted by Crippen LogP contribution is -2.35. The smallest absolute Gasteiger partial charge is 0.264 e. The number of nitrogens with one attached hydrogen (secondary N) is 1. The van der Waals surface area contributed by atoms with Crippen molar-refractivity contribution in [1.82, 2.24) is 5.32 Å². The summed E-state index contributed by atoms with van der Waals surface area (Å²) < 4.78 is 5.41. The number of fused-ring (bicyclic) bond motifs is 1. The van der Waals surface area contributed by atoms with E-state index in [0.29, 0.717) is 5.92 Å². The average molecular weight is 262 g/mol. The minimum atomic E-state index is 0.00239. The molecule has 0 radical (unpaired) electrons. The number of likely N-dealkylation sites (N-methyl/N-ethyl adjacent to an activating group) is 1. The van der Waals surface area contributed by atoms with Crippen LogP contribution in [-0.4, -0.2) is 32.7 Å². The second-order valence-corrected chi connectivity index (χ2v) is 5.39. The van der Waals surface area contributed by atoms with Gasteiger partial charge in [-0.1, -0.05) is 19.9 Å². The van der Waals surface area contributed by atoms with E-state index in [0.717, 1.165) is 30.9 Å². The van der Waals surface area contributed by atoms with E-state index in [9.17, 15) is 4.79 Å². The zero-order valence-corrected chi connectivity index (χ0v) is 11.9. The lowest BCUT2D eigenvalue weighted by Gasteiger charge is -2.26. The Kier molecular flexibility index (Phi) is 4.43. The third kappa shape index (κ3) is 3.47. The summed E-state index contributed by atoms with van der Waals surface area (Å²) in [5.41, 5.74) is 2.10. The van der Waals surface area contributed by atoms with Crippen LogP contribution in [0.5, 0.6) is 5.75 Å². The van der Waals surface area contributed by atoms with Gasteiger partial charge in [-0.15, -0.1) is 0 Å². The van der Waals surface area contributed by atoms with Crippen LogP contribution >= 0.6 is 0 Å². The molecule has 2 rings (SSSR count). The van der Waals surface area contributed by atoms with Gasteiger partial charge in [-0.2, -0.15) is 0 Å². The van der Waals surface area contributed by atoms with Gasteiger partial charge in [-0.3, -0.25) is 4.79 Å². The fraction of sp³-hybridized carbons (Fsp3) is 0.533. The molecule has 0 atom stereocenters. The number of carbonyl (C=O) groups is 1.